The fourth-order valence-corrected chi connectivity index (χ4v) is 2.98. The molecule has 0 saturated carbocycles. The molecule has 1 heterocycles. The SMILES string of the molecule is CCCCc1c(C)nn(C(=O)CCC(=O)Nc2ccc(OCC)cc2)c1C. The maximum absolute atomic E-state index is 12.5. The van der Waals surface area contributed by atoms with Crippen molar-refractivity contribution in [2.45, 2.75) is 59.8 Å². The number of aromatic nitrogens is 2. The molecule has 0 unspecified atom stereocenters. The number of hydrogen-bond acceptors (Lipinski definition) is 4. The lowest BCUT2D eigenvalue weighted by atomic mass is 10.1. The van der Waals surface area contributed by atoms with Crippen LogP contribution in [0.1, 0.15) is 61.3 Å². The summed E-state index contributed by atoms with van der Waals surface area (Å²) in [4.78, 5) is 24.6. The van der Waals surface area contributed by atoms with Crippen LogP contribution < -0.4 is 10.1 Å². The van der Waals surface area contributed by atoms with Crippen LogP contribution in [-0.4, -0.2) is 28.2 Å². The van der Waals surface area contributed by atoms with E-state index in [9.17, 15) is 9.59 Å². The first-order chi connectivity index (χ1) is 13.0. The molecule has 0 aliphatic rings. The van der Waals surface area contributed by atoms with Crippen molar-refractivity contribution in [1.82, 2.24) is 9.78 Å². The Hall–Kier alpha value is -2.63. The molecular formula is C21H29N3O3. The van der Waals surface area contributed by atoms with Crippen LogP contribution in [0.3, 0.4) is 0 Å². The second-order valence-corrected chi connectivity index (χ2v) is 6.56. The molecule has 1 amide bonds. The van der Waals surface area contributed by atoms with Crippen LogP contribution in [0, 0.1) is 13.8 Å². The Morgan fingerprint density at radius 2 is 1.81 bits per heavy atom. The topological polar surface area (TPSA) is 73.2 Å². The number of rotatable bonds is 9. The normalized spacial score (nSPS) is 10.7. The summed E-state index contributed by atoms with van der Waals surface area (Å²) in [5.74, 6) is 0.412. The highest BCUT2D eigenvalue weighted by Gasteiger charge is 2.17. The first-order valence-corrected chi connectivity index (χ1v) is 9.57. The molecular weight excluding hydrogens is 342 g/mol. The van der Waals surface area contributed by atoms with Gasteiger partial charge in [-0.3, -0.25) is 9.59 Å². The number of aryl methyl sites for hydroxylation is 1. The number of benzene rings is 1. The van der Waals surface area contributed by atoms with Crippen LogP contribution in [0.15, 0.2) is 24.3 Å². The van der Waals surface area contributed by atoms with E-state index in [1.54, 1.807) is 24.3 Å². The molecule has 0 saturated heterocycles. The van der Waals surface area contributed by atoms with Gasteiger partial charge in [-0.2, -0.15) is 5.10 Å². The highest BCUT2D eigenvalue weighted by Crippen LogP contribution is 2.18. The number of unbranched alkanes of at least 4 members (excludes halogenated alkanes) is 1. The predicted molar refractivity (Wildman–Crippen MR) is 106 cm³/mol. The first kappa shape index (κ1) is 20.7. The van der Waals surface area contributed by atoms with Crippen molar-refractivity contribution in [2.24, 2.45) is 0 Å². The van der Waals surface area contributed by atoms with E-state index in [0.29, 0.717) is 12.3 Å². The van der Waals surface area contributed by atoms with Gasteiger partial charge in [0.05, 0.1) is 12.3 Å². The molecule has 6 nitrogen and oxygen atoms in total. The van der Waals surface area contributed by atoms with Crippen LogP contribution in [-0.2, 0) is 11.2 Å². The highest BCUT2D eigenvalue weighted by atomic mass is 16.5. The predicted octanol–water partition coefficient (Wildman–Crippen LogP) is 4.30. The van der Waals surface area contributed by atoms with Gasteiger partial charge in [0.2, 0.25) is 11.8 Å². The molecule has 0 spiro atoms. The second kappa shape index (κ2) is 9.90. The smallest absolute Gasteiger partial charge is 0.247 e. The van der Waals surface area contributed by atoms with Crippen molar-refractivity contribution in [2.75, 3.05) is 11.9 Å². The average Bonchev–Trinajstić information content (AvgIpc) is 2.94. The monoisotopic (exact) mass is 371 g/mol. The number of nitrogens with zero attached hydrogens (tertiary/aromatic N) is 2. The van der Waals surface area contributed by atoms with Gasteiger partial charge in [0.1, 0.15) is 5.75 Å². The third-order valence-corrected chi connectivity index (χ3v) is 4.47. The van der Waals surface area contributed by atoms with E-state index in [4.69, 9.17) is 4.74 Å². The van der Waals surface area contributed by atoms with Crippen molar-refractivity contribution in [3.63, 3.8) is 0 Å². The van der Waals surface area contributed by atoms with Gasteiger partial charge >= 0.3 is 0 Å². The van der Waals surface area contributed by atoms with Crippen LogP contribution >= 0.6 is 0 Å². The molecule has 0 fully saturated rings. The summed E-state index contributed by atoms with van der Waals surface area (Å²) >= 11 is 0. The number of carbonyl (C=O) groups is 2. The summed E-state index contributed by atoms with van der Waals surface area (Å²) in [6, 6.07) is 7.17. The lowest BCUT2D eigenvalue weighted by Crippen LogP contribution is -2.18. The molecule has 0 atom stereocenters. The third kappa shape index (κ3) is 5.67. The summed E-state index contributed by atoms with van der Waals surface area (Å²) in [6.07, 6.45) is 3.35. The van der Waals surface area contributed by atoms with E-state index in [0.717, 1.165) is 42.0 Å². The van der Waals surface area contributed by atoms with Crippen LogP contribution in [0.5, 0.6) is 5.75 Å². The third-order valence-electron chi connectivity index (χ3n) is 4.47. The van der Waals surface area contributed by atoms with Gasteiger partial charge in [-0.1, -0.05) is 13.3 Å². The zero-order chi connectivity index (χ0) is 19.8. The lowest BCUT2D eigenvalue weighted by Gasteiger charge is -2.07. The Kier molecular flexibility index (Phi) is 7.58. The molecule has 1 N–H and O–H groups in total. The summed E-state index contributed by atoms with van der Waals surface area (Å²) in [5.41, 5.74) is 3.61. The quantitative estimate of drug-likeness (QED) is 0.713. The van der Waals surface area contributed by atoms with Crippen molar-refractivity contribution in [1.29, 1.82) is 0 Å². The lowest BCUT2D eigenvalue weighted by molar-refractivity contribution is -0.116. The van der Waals surface area contributed by atoms with Gasteiger partial charge in [0.15, 0.2) is 0 Å². The van der Waals surface area contributed by atoms with E-state index in [1.807, 2.05) is 20.8 Å². The maximum Gasteiger partial charge on any atom is 0.247 e. The van der Waals surface area contributed by atoms with Gasteiger partial charge in [-0.25, -0.2) is 4.68 Å². The molecule has 1 aromatic carbocycles. The summed E-state index contributed by atoms with van der Waals surface area (Å²) in [6.45, 7) is 8.51. The summed E-state index contributed by atoms with van der Waals surface area (Å²) < 4.78 is 6.82. The summed E-state index contributed by atoms with van der Waals surface area (Å²) in [7, 11) is 0. The van der Waals surface area contributed by atoms with E-state index >= 15 is 0 Å². The average molecular weight is 371 g/mol. The Morgan fingerprint density at radius 1 is 1.11 bits per heavy atom. The minimum Gasteiger partial charge on any atom is -0.494 e. The molecule has 0 radical (unpaired) electrons. The standard InChI is InChI=1S/C21H29N3O3/c1-5-7-8-19-15(3)23-24(16(19)4)21(26)14-13-20(25)22-17-9-11-18(12-10-17)27-6-2/h9-12H,5-8,13-14H2,1-4H3,(H,22,25). The van der Waals surface area contributed by atoms with Gasteiger partial charge in [0.25, 0.3) is 0 Å². The number of carbonyl (C=O) groups excluding carboxylic acids is 2. The zero-order valence-electron chi connectivity index (χ0n) is 16.7. The van der Waals surface area contributed by atoms with Gasteiger partial charge < -0.3 is 10.1 Å². The molecule has 27 heavy (non-hydrogen) atoms. The van der Waals surface area contributed by atoms with E-state index in [2.05, 4.69) is 17.3 Å². The molecule has 6 heteroatoms. The first-order valence-electron chi connectivity index (χ1n) is 9.57. The number of nitrogens with one attached hydrogen (secondary N) is 1. The van der Waals surface area contributed by atoms with Crippen molar-refractivity contribution < 1.29 is 14.3 Å². The Balaban J connectivity index is 1.90. The second-order valence-electron chi connectivity index (χ2n) is 6.56. The largest absolute Gasteiger partial charge is 0.494 e. The van der Waals surface area contributed by atoms with Gasteiger partial charge in [0, 0.05) is 24.2 Å². The highest BCUT2D eigenvalue weighted by molar-refractivity contribution is 5.93. The molecule has 146 valence electrons. The molecule has 0 bridgehead atoms. The van der Waals surface area contributed by atoms with Crippen molar-refractivity contribution >= 4 is 17.5 Å². The Morgan fingerprint density at radius 3 is 2.44 bits per heavy atom. The maximum atomic E-state index is 12.5. The van der Waals surface area contributed by atoms with E-state index in [-0.39, 0.29) is 24.7 Å². The zero-order valence-corrected chi connectivity index (χ0v) is 16.7. The molecule has 2 aromatic rings. The van der Waals surface area contributed by atoms with Crippen LogP contribution in [0.4, 0.5) is 5.69 Å². The van der Waals surface area contributed by atoms with Crippen LogP contribution in [0.25, 0.3) is 0 Å². The number of amides is 1. The van der Waals surface area contributed by atoms with Crippen LogP contribution in [0.2, 0.25) is 0 Å². The fourth-order valence-electron chi connectivity index (χ4n) is 2.98. The van der Waals surface area contributed by atoms with E-state index < -0.39 is 0 Å². The fraction of sp³-hybridized carbons (Fsp3) is 0.476. The summed E-state index contributed by atoms with van der Waals surface area (Å²) in [5, 5.41) is 7.17. The number of ether oxygens (including phenoxy) is 1. The van der Waals surface area contributed by atoms with Gasteiger partial charge in [-0.05, 0) is 63.4 Å². The molecule has 0 aliphatic carbocycles. The molecule has 1 aromatic heterocycles. The van der Waals surface area contributed by atoms with E-state index in [1.165, 1.54) is 4.68 Å². The molecule has 2 rings (SSSR count). The Bertz CT molecular complexity index is 779. The molecule has 0 aliphatic heterocycles. The minimum atomic E-state index is -0.194. The van der Waals surface area contributed by atoms with Crippen molar-refractivity contribution in [3.8, 4) is 5.75 Å². The Labute approximate surface area is 160 Å². The van der Waals surface area contributed by atoms with Crippen molar-refractivity contribution in [3.05, 3.63) is 41.2 Å². The van der Waals surface area contributed by atoms with Gasteiger partial charge in [-0.15, -0.1) is 0 Å². The number of anilines is 1. The minimum absolute atomic E-state index is 0.120. The number of hydrogen-bond donors (Lipinski definition) is 1.